The van der Waals surface area contributed by atoms with Gasteiger partial charge in [-0.1, -0.05) is 12.8 Å². The molecule has 25 heavy (non-hydrogen) atoms. The highest BCUT2D eigenvalue weighted by Crippen LogP contribution is 2.17. The van der Waals surface area contributed by atoms with Crippen LogP contribution >= 0.6 is 12.2 Å². The topological polar surface area (TPSA) is 79.5 Å². The average Bonchev–Trinajstić information content (AvgIpc) is 3.11. The van der Waals surface area contributed by atoms with Gasteiger partial charge in [-0.05, 0) is 56.2 Å². The molecule has 1 aliphatic carbocycles. The van der Waals surface area contributed by atoms with Crippen LogP contribution in [0.2, 0.25) is 0 Å². The summed E-state index contributed by atoms with van der Waals surface area (Å²) in [6.07, 6.45) is 4.87. The Morgan fingerprint density at radius 2 is 1.80 bits per heavy atom. The van der Waals surface area contributed by atoms with Gasteiger partial charge in [-0.25, -0.2) is 0 Å². The summed E-state index contributed by atoms with van der Waals surface area (Å²) in [4.78, 5) is 23.9. The summed E-state index contributed by atoms with van der Waals surface area (Å²) < 4.78 is 5.34. The predicted octanol–water partition coefficient (Wildman–Crippen LogP) is 2.49. The van der Waals surface area contributed by atoms with Gasteiger partial charge in [0.1, 0.15) is 5.75 Å². The predicted molar refractivity (Wildman–Crippen MR) is 100 cm³/mol. The minimum atomic E-state index is -0.269. The molecule has 6 nitrogen and oxygen atoms in total. The van der Waals surface area contributed by atoms with Crippen molar-refractivity contribution in [3.63, 3.8) is 0 Å². The van der Waals surface area contributed by atoms with Gasteiger partial charge in [-0.3, -0.25) is 20.4 Å². The second-order valence-corrected chi connectivity index (χ2v) is 6.42. The number of carbonyl (C=O) groups is 2. The molecule has 2 rings (SSSR count). The summed E-state index contributed by atoms with van der Waals surface area (Å²) >= 11 is 5.14. The number of carbonyl (C=O) groups excluding carboxylic acids is 2. The zero-order valence-electron chi connectivity index (χ0n) is 14.5. The first kappa shape index (κ1) is 19.2. The van der Waals surface area contributed by atoms with Crippen LogP contribution in [0.15, 0.2) is 24.3 Å². The van der Waals surface area contributed by atoms with Crippen LogP contribution < -0.4 is 20.9 Å². The van der Waals surface area contributed by atoms with Gasteiger partial charge in [-0.2, -0.15) is 0 Å². The first-order valence-corrected chi connectivity index (χ1v) is 9.10. The number of amides is 1. The Labute approximate surface area is 153 Å². The smallest absolute Gasteiger partial charge is 0.238 e. The van der Waals surface area contributed by atoms with E-state index in [0.29, 0.717) is 23.3 Å². The van der Waals surface area contributed by atoms with Crippen molar-refractivity contribution in [2.24, 2.45) is 0 Å². The van der Waals surface area contributed by atoms with E-state index in [1.54, 1.807) is 24.3 Å². The lowest BCUT2D eigenvalue weighted by atomic mass is 10.1. The van der Waals surface area contributed by atoms with E-state index in [4.69, 9.17) is 17.0 Å². The van der Waals surface area contributed by atoms with E-state index in [0.717, 1.165) is 18.6 Å². The Kier molecular flexibility index (Phi) is 7.66. The lowest BCUT2D eigenvalue weighted by molar-refractivity contribution is -0.121. The molecule has 0 spiro atoms. The van der Waals surface area contributed by atoms with Crippen LogP contribution in [-0.2, 0) is 4.79 Å². The van der Waals surface area contributed by atoms with Crippen molar-refractivity contribution in [2.45, 2.75) is 51.5 Å². The first-order valence-electron chi connectivity index (χ1n) is 8.70. The highest BCUT2D eigenvalue weighted by molar-refractivity contribution is 7.80. The molecule has 1 aromatic carbocycles. The number of Topliss-reactive ketones (excluding diaryl/α,β-unsaturated/α-hetero) is 1. The number of nitrogens with one attached hydrogen (secondary N) is 3. The minimum absolute atomic E-state index is 0.0788. The maximum Gasteiger partial charge on any atom is 0.238 e. The van der Waals surface area contributed by atoms with Gasteiger partial charge in [0.15, 0.2) is 10.9 Å². The molecule has 0 radical (unpaired) electrons. The number of benzene rings is 1. The molecular weight excluding hydrogens is 338 g/mol. The van der Waals surface area contributed by atoms with Crippen molar-refractivity contribution in [3.05, 3.63) is 29.8 Å². The van der Waals surface area contributed by atoms with E-state index >= 15 is 0 Å². The molecule has 0 heterocycles. The van der Waals surface area contributed by atoms with E-state index in [2.05, 4.69) is 16.2 Å². The maximum atomic E-state index is 12.1. The number of rotatable bonds is 7. The number of ether oxygens (including phenoxy) is 1. The fraction of sp³-hybridized carbons (Fsp3) is 0.500. The summed E-state index contributed by atoms with van der Waals surface area (Å²) in [5.41, 5.74) is 5.78. The Morgan fingerprint density at radius 1 is 1.12 bits per heavy atom. The summed E-state index contributed by atoms with van der Waals surface area (Å²) in [6, 6.07) is 7.32. The molecule has 0 saturated heterocycles. The van der Waals surface area contributed by atoms with E-state index in [1.165, 1.54) is 12.8 Å². The van der Waals surface area contributed by atoms with Gasteiger partial charge in [0.2, 0.25) is 5.91 Å². The van der Waals surface area contributed by atoms with Crippen LogP contribution in [0.5, 0.6) is 5.75 Å². The third-order valence-corrected chi connectivity index (χ3v) is 4.29. The van der Waals surface area contributed by atoms with Crippen molar-refractivity contribution < 1.29 is 14.3 Å². The summed E-state index contributed by atoms with van der Waals surface area (Å²) in [5, 5.41) is 3.58. The van der Waals surface area contributed by atoms with Crippen LogP contribution in [0.3, 0.4) is 0 Å². The van der Waals surface area contributed by atoms with Gasteiger partial charge in [0.25, 0.3) is 0 Å². The molecule has 0 aromatic heterocycles. The standard InChI is InChI=1S/C18H25N3O3S/c1-2-24-15-9-7-13(8-10-15)16(22)11-12-17(23)20-21-18(25)19-14-5-3-4-6-14/h7-10,14H,2-6,11-12H2,1H3,(H,20,23)(H2,19,21,25). The molecule has 3 N–H and O–H groups in total. The SMILES string of the molecule is CCOc1ccc(C(=O)CCC(=O)NNC(=S)NC2CCCC2)cc1. The van der Waals surface area contributed by atoms with Crippen molar-refractivity contribution in [2.75, 3.05) is 6.61 Å². The highest BCUT2D eigenvalue weighted by atomic mass is 32.1. The molecule has 1 aromatic rings. The van der Waals surface area contributed by atoms with Crippen LogP contribution in [0.4, 0.5) is 0 Å². The lowest BCUT2D eigenvalue weighted by Gasteiger charge is -2.16. The van der Waals surface area contributed by atoms with Crippen LogP contribution in [-0.4, -0.2) is 29.5 Å². The zero-order chi connectivity index (χ0) is 18.1. The number of thiocarbonyl (C=S) groups is 1. The van der Waals surface area contributed by atoms with E-state index < -0.39 is 0 Å². The fourth-order valence-corrected chi connectivity index (χ4v) is 2.97. The molecule has 1 aliphatic rings. The molecule has 0 aliphatic heterocycles. The number of ketones is 1. The minimum Gasteiger partial charge on any atom is -0.494 e. The summed E-state index contributed by atoms with van der Waals surface area (Å²) in [5.74, 6) is 0.379. The average molecular weight is 363 g/mol. The Balaban J connectivity index is 1.66. The van der Waals surface area contributed by atoms with Gasteiger partial charge < -0.3 is 10.1 Å². The summed E-state index contributed by atoms with van der Waals surface area (Å²) in [7, 11) is 0. The molecule has 0 unspecified atom stereocenters. The second kappa shape index (κ2) is 9.98. The number of hydrazine groups is 1. The molecular formula is C18H25N3O3S. The molecule has 7 heteroatoms. The maximum absolute atomic E-state index is 12.1. The Hall–Kier alpha value is -2.15. The largest absolute Gasteiger partial charge is 0.494 e. The van der Waals surface area contributed by atoms with E-state index in [-0.39, 0.29) is 24.5 Å². The van der Waals surface area contributed by atoms with E-state index in [1.807, 2.05) is 6.92 Å². The fourth-order valence-electron chi connectivity index (χ4n) is 2.76. The van der Waals surface area contributed by atoms with Crippen molar-refractivity contribution in [1.29, 1.82) is 0 Å². The van der Waals surface area contributed by atoms with Crippen LogP contribution in [0.25, 0.3) is 0 Å². The van der Waals surface area contributed by atoms with Gasteiger partial charge in [0, 0.05) is 24.4 Å². The number of hydrogen-bond donors (Lipinski definition) is 3. The Bertz CT molecular complexity index is 598. The van der Waals surface area contributed by atoms with Gasteiger partial charge >= 0.3 is 0 Å². The third-order valence-electron chi connectivity index (χ3n) is 4.07. The zero-order valence-corrected chi connectivity index (χ0v) is 15.3. The molecule has 1 fully saturated rings. The quantitative estimate of drug-likeness (QED) is 0.392. The van der Waals surface area contributed by atoms with Crippen molar-refractivity contribution >= 4 is 29.0 Å². The van der Waals surface area contributed by atoms with Crippen LogP contribution in [0.1, 0.15) is 55.8 Å². The first-order chi connectivity index (χ1) is 12.1. The molecule has 0 atom stereocenters. The highest BCUT2D eigenvalue weighted by Gasteiger charge is 2.15. The van der Waals surface area contributed by atoms with Gasteiger partial charge in [0.05, 0.1) is 6.61 Å². The Morgan fingerprint density at radius 3 is 2.44 bits per heavy atom. The molecule has 1 saturated carbocycles. The number of hydrogen-bond acceptors (Lipinski definition) is 4. The van der Waals surface area contributed by atoms with Gasteiger partial charge in [-0.15, -0.1) is 0 Å². The van der Waals surface area contributed by atoms with Crippen molar-refractivity contribution in [3.8, 4) is 5.75 Å². The van der Waals surface area contributed by atoms with Crippen molar-refractivity contribution in [1.82, 2.24) is 16.2 Å². The lowest BCUT2D eigenvalue weighted by Crippen LogP contribution is -2.49. The molecule has 136 valence electrons. The normalized spacial score (nSPS) is 14.0. The second-order valence-electron chi connectivity index (χ2n) is 6.01. The molecule has 1 amide bonds. The third kappa shape index (κ3) is 6.70. The van der Waals surface area contributed by atoms with E-state index in [9.17, 15) is 9.59 Å². The summed E-state index contributed by atoms with van der Waals surface area (Å²) in [6.45, 7) is 2.48. The monoisotopic (exact) mass is 363 g/mol. The van der Waals surface area contributed by atoms with Crippen LogP contribution in [0, 0.1) is 0 Å². The molecule has 0 bridgehead atoms.